The standard InChI is InChI=1S/C16H20ClNO4/c1-10(7-12-5-3-4-6-13(12)17)15(19)18-8-11(2)22-14(9-18)16(20)21/h3-6,10-11,14H,7-9H2,1-2H3,(H,20,21)/t10?,11-,14?/m1/s1. The van der Waals surface area contributed by atoms with Crippen molar-refractivity contribution in [1.82, 2.24) is 4.90 Å². The van der Waals surface area contributed by atoms with Gasteiger partial charge in [-0.2, -0.15) is 0 Å². The summed E-state index contributed by atoms with van der Waals surface area (Å²) in [5.41, 5.74) is 0.918. The molecule has 1 aromatic rings. The first-order chi connectivity index (χ1) is 10.4. The van der Waals surface area contributed by atoms with Crippen LogP contribution >= 0.6 is 11.6 Å². The normalized spacial score (nSPS) is 23.1. The summed E-state index contributed by atoms with van der Waals surface area (Å²) < 4.78 is 5.33. The first-order valence-corrected chi connectivity index (χ1v) is 7.66. The average Bonchev–Trinajstić information content (AvgIpc) is 2.48. The van der Waals surface area contributed by atoms with Gasteiger partial charge < -0.3 is 14.7 Å². The molecule has 0 radical (unpaired) electrons. The number of ether oxygens (including phenoxy) is 1. The van der Waals surface area contributed by atoms with Crippen molar-refractivity contribution in [2.45, 2.75) is 32.5 Å². The van der Waals surface area contributed by atoms with Gasteiger partial charge in [0.2, 0.25) is 5.91 Å². The van der Waals surface area contributed by atoms with Gasteiger partial charge in [0.25, 0.3) is 0 Å². The Kier molecular flexibility index (Phi) is 5.42. The lowest BCUT2D eigenvalue weighted by atomic mass is 9.99. The summed E-state index contributed by atoms with van der Waals surface area (Å²) in [4.78, 5) is 25.2. The van der Waals surface area contributed by atoms with E-state index in [1.807, 2.05) is 25.1 Å². The summed E-state index contributed by atoms with van der Waals surface area (Å²) in [6.07, 6.45) is -0.714. The third-order valence-corrected chi connectivity index (χ3v) is 4.12. The second-order valence-electron chi connectivity index (χ2n) is 5.71. The van der Waals surface area contributed by atoms with Crippen LogP contribution in [0.4, 0.5) is 0 Å². The zero-order valence-corrected chi connectivity index (χ0v) is 13.4. The maximum absolute atomic E-state index is 12.6. The molecular weight excluding hydrogens is 306 g/mol. The predicted molar refractivity (Wildman–Crippen MR) is 82.9 cm³/mol. The summed E-state index contributed by atoms with van der Waals surface area (Å²) in [5, 5.41) is 9.73. The number of benzene rings is 1. The number of rotatable bonds is 4. The summed E-state index contributed by atoms with van der Waals surface area (Å²) in [5.74, 6) is -1.37. The van der Waals surface area contributed by atoms with Crippen LogP contribution in [0.15, 0.2) is 24.3 Å². The summed E-state index contributed by atoms with van der Waals surface area (Å²) >= 11 is 6.12. The van der Waals surface area contributed by atoms with Gasteiger partial charge in [0.15, 0.2) is 6.10 Å². The number of hydrogen-bond donors (Lipinski definition) is 1. The van der Waals surface area contributed by atoms with Crippen molar-refractivity contribution in [2.24, 2.45) is 5.92 Å². The molecule has 5 nitrogen and oxygen atoms in total. The number of nitrogens with zero attached hydrogens (tertiary/aromatic N) is 1. The van der Waals surface area contributed by atoms with Crippen LogP contribution in [0.1, 0.15) is 19.4 Å². The lowest BCUT2D eigenvalue weighted by Crippen LogP contribution is -2.53. The second kappa shape index (κ2) is 7.11. The Balaban J connectivity index is 2.03. The zero-order valence-electron chi connectivity index (χ0n) is 12.7. The molecule has 1 aliphatic heterocycles. The molecule has 6 heteroatoms. The highest BCUT2D eigenvalue weighted by Gasteiger charge is 2.34. The highest BCUT2D eigenvalue weighted by Crippen LogP contribution is 2.21. The van der Waals surface area contributed by atoms with Gasteiger partial charge in [0.1, 0.15) is 0 Å². The van der Waals surface area contributed by atoms with Crippen LogP contribution in [0.2, 0.25) is 5.02 Å². The molecule has 1 heterocycles. The number of hydrogen-bond acceptors (Lipinski definition) is 3. The maximum atomic E-state index is 12.6. The van der Waals surface area contributed by atoms with Gasteiger partial charge in [-0.05, 0) is 25.0 Å². The van der Waals surface area contributed by atoms with Crippen LogP contribution in [-0.2, 0) is 20.7 Å². The molecule has 0 spiro atoms. The van der Waals surface area contributed by atoms with E-state index in [-0.39, 0.29) is 24.5 Å². The Hall–Kier alpha value is -1.59. The fourth-order valence-electron chi connectivity index (χ4n) is 2.66. The number of carbonyl (C=O) groups is 2. The van der Waals surface area contributed by atoms with Crippen molar-refractivity contribution in [3.63, 3.8) is 0 Å². The number of halogens is 1. The highest BCUT2D eigenvalue weighted by molar-refractivity contribution is 6.31. The van der Waals surface area contributed by atoms with Crippen molar-refractivity contribution < 1.29 is 19.4 Å². The van der Waals surface area contributed by atoms with Crippen LogP contribution in [0.3, 0.4) is 0 Å². The minimum absolute atomic E-state index is 0.0682. The van der Waals surface area contributed by atoms with E-state index >= 15 is 0 Å². The van der Waals surface area contributed by atoms with E-state index in [1.54, 1.807) is 17.9 Å². The number of carboxylic acid groups (broad SMARTS) is 1. The van der Waals surface area contributed by atoms with E-state index in [0.29, 0.717) is 18.0 Å². The van der Waals surface area contributed by atoms with Gasteiger partial charge in [-0.1, -0.05) is 36.7 Å². The van der Waals surface area contributed by atoms with E-state index in [2.05, 4.69) is 0 Å². The fraction of sp³-hybridized carbons (Fsp3) is 0.500. The molecule has 0 aliphatic carbocycles. The fourth-order valence-corrected chi connectivity index (χ4v) is 2.87. The average molecular weight is 326 g/mol. The minimum atomic E-state index is -1.04. The number of carbonyl (C=O) groups excluding carboxylic acids is 1. The Morgan fingerprint density at radius 1 is 1.41 bits per heavy atom. The van der Waals surface area contributed by atoms with Crippen molar-refractivity contribution >= 4 is 23.5 Å². The Labute approximate surface area is 134 Å². The summed E-state index contributed by atoms with van der Waals surface area (Å²) in [6.45, 7) is 4.11. The van der Waals surface area contributed by atoms with E-state index in [1.165, 1.54) is 0 Å². The molecular formula is C16H20ClNO4. The quantitative estimate of drug-likeness (QED) is 0.921. The van der Waals surface area contributed by atoms with Crippen molar-refractivity contribution in [3.05, 3.63) is 34.9 Å². The van der Waals surface area contributed by atoms with Crippen LogP contribution in [0.25, 0.3) is 0 Å². The van der Waals surface area contributed by atoms with Gasteiger partial charge in [0, 0.05) is 17.5 Å². The lowest BCUT2D eigenvalue weighted by molar-refractivity contribution is -0.167. The lowest BCUT2D eigenvalue weighted by Gasteiger charge is -2.36. The molecule has 0 saturated carbocycles. The molecule has 0 aromatic heterocycles. The second-order valence-corrected chi connectivity index (χ2v) is 6.12. The molecule has 0 bridgehead atoms. The van der Waals surface area contributed by atoms with Crippen molar-refractivity contribution in [2.75, 3.05) is 13.1 Å². The van der Waals surface area contributed by atoms with Crippen LogP contribution < -0.4 is 0 Å². The molecule has 2 unspecified atom stereocenters. The Morgan fingerprint density at radius 2 is 2.09 bits per heavy atom. The van der Waals surface area contributed by atoms with E-state index < -0.39 is 12.1 Å². The first-order valence-electron chi connectivity index (χ1n) is 7.29. The molecule has 1 saturated heterocycles. The number of carboxylic acids is 1. The monoisotopic (exact) mass is 325 g/mol. The number of aliphatic carboxylic acids is 1. The van der Waals surface area contributed by atoms with Gasteiger partial charge in [0.05, 0.1) is 12.6 Å². The van der Waals surface area contributed by atoms with E-state index in [0.717, 1.165) is 5.56 Å². The van der Waals surface area contributed by atoms with Gasteiger partial charge in [-0.25, -0.2) is 4.79 Å². The van der Waals surface area contributed by atoms with Crippen molar-refractivity contribution in [3.8, 4) is 0 Å². The minimum Gasteiger partial charge on any atom is -0.479 e. The van der Waals surface area contributed by atoms with E-state index in [4.69, 9.17) is 21.4 Å². The highest BCUT2D eigenvalue weighted by atomic mass is 35.5. The Bertz CT molecular complexity index is 563. The molecule has 22 heavy (non-hydrogen) atoms. The molecule has 120 valence electrons. The molecule has 1 fully saturated rings. The van der Waals surface area contributed by atoms with Gasteiger partial charge in [-0.3, -0.25) is 4.79 Å². The third kappa shape index (κ3) is 3.99. The van der Waals surface area contributed by atoms with Crippen LogP contribution in [0.5, 0.6) is 0 Å². The Morgan fingerprint density at radius 3 is 2.73 bits per heavy atom. The van der Waals surface area contributed by atoms with Crippen molar-refractivity contribution in [1.29, 1.82) is 0 Å². The predicted octanol–water partition coefficient (Wildman–Crippen LogP) is 2.22. The van der Waals surface area contributed by atoms with Gasteiger partial charge >= 0.3 is 5.97 Å². The zero-order chi connectivity index (χ0) is 16.3. The van der Waals surface area contributed by atoms with E-state index in [9.17, 15) is 9.59 Å². The molecule has 1 amide bonds. The molecule has 2 rings (SSSR count). The maximum Gasteiger partial charge on any atom is 0.334 e. The van der Waals surface area contributed by atoms with Crippen LogP contribution in [0, 0.1) is 5.92 Å². The molecule has 3 atom stereocenters. The number of amides is 1. The molecule has 1 aromatic carbocycles. The SMILES string of the molecule is CC(Cc1ccccc1Cl)C(=O)N1CC(C(=O)O)O[C@H](C)C1. The topological polar surface area (TPSA) is 66.8 Å². The number of morpholine rings is 1. The van der Waals surface area contributed by atoms with Crippen LogP contribution in [-0.4, -0.2) is 47.2 Å². The smallest absolute Gasteiger partial charge is 0.334 e. The van der Waals surface area contributed by atoms with Gasteiger partial charge in [-0.15, -0.1) is 0 Å². The third-order valence-electron chi connectivity index (χ3n) is 3.75. The molecule has 1 aliphatic rings. The summed E-state index contributed by atoms with van der Waals surface area (Å²) in [7, 11) is 0. The first kappa shape index (κ1) is 16.8. The summed E-state index contributed by atoms with van der Waals surface area (Å²) in [6, 6.07) is 7.43. The largest absolute Gasteiger partial charge is 0.479 e. The molecule has 1 N–H and O–H groups in total.